The molecule has 3 aromatic rings. The topological polar surface area (TPSA) is 57.7 Å². The largest absolute Gasteiger partial charge is 0.493 e. The lowest BCUT2D eigenvalue weighted by Gasteiger charge is -2.16. The summed E-state index contributed by atoms with van der Waals surface area (Å²) in [5, 5.41) is 0.883. The summed E-state index contributed by atoms with van der Waals surface area (Å²) in [5.41, 5.74) is 3.55. The fraction of sp³-hybridized carbons (Fsp3) is 0.238. The van der Waals surface area contributed by atoms with E-state index in [-0.39, 0.29) is 5.97 Å². The number of aryl methyl sites for hydroxylation is 1. The Kier molecular flexibility index (Phi) is 5.07. The number of hydrogen-bond donors (Lipinski definition) is 0. The van der Waals surface area contributed by atoms with Crippen LogP contribution in [0.2, 0.25) is 0 Å². The second-order valence-corrected chi connectivity index (χ2v) is 5.75. The van der Waals surface area contributed by atoms with Gasteiger partial charge in [0.25, 0.3) is 0 Å². The second kappa shape index (κ2) is 7.44. The van der Waals surface area contributed by atoms with Gasteiger partial charge in [-0.15, -0.1) is 0 Å². The van der Waals surface area contributed by atoms with Crippen LogP contribution in [0.1, 0.15) is 23.0 Å². The smallest absolute Gasteiger partial charge is 0.340 e. The van der Waals surface area contributed by atoms with Crippen LogP contribution in [-0.4, -0.2) is 31.8 Å². The van der Waals surface area contributed by atoms with Crippen LogP contribution >= 0.6 is 0 Å². The number of para-hydroxylation sites is 1. The van der Waals surface area contributed by atoms with Gasteiger partial charge in [0.2, 0.25) is 0 Å². The Morgan fingerprint density at radius 1 is 1.04 bits per heavy atom. The monoisotopic (exact) mass is 351 g/mol. The molecule has 0 aliphatic rings. The first-order chi connectivity index (χ1) is 12.6. The van der Waals surface area contributed by atoms with Crippen molar-refractivity contribution >= 4 is 16.9 Å². The minimum absolute atomic E-state index is 0.302. The van der Waals surface area contributed by atoms with Crippen molar-refractivity contribution in [3.63, 3.8) is 0 Å². The van der Waals surface area contributed by atoms with Crippen LogP contribution in [0.4, 0.5) is 0 Å². The van der Waals surface area contributed by atoms with Crippen molar-refractivity contribution in [1.82, 2.24) is 4.98 Å². The summed E-state index contributed by atoms with van der Waals surface area (Å²) in [6.45, 7) is 3.91. The van der Waals surface area contributed by atoms with Crippen LogP contribution in [0.3, 0.4) is 0 Å². The van der Waals surface area contributed by atoms with E-state index in [0.717, 1.165) is 22.0 Å². The summed E-state index contributed by atoms with van der Waals surface area (Å²) < 4.78 is 16.0. The van der Waals surface area contributed by atoms with Crippen molar-refractivity contribution in [2.45, 2.75) is 13.8 Å². The molecule has 1 heterocycles. The first-order valence-corrected chi connectivity index (χ1v) is 8.39. The summed E-state index contributed by atoms with van der Waals surface area (Å²) in [7, 11) is 3.18. The van der Waals surface area contributed by atoms with Gasteiger partial charge in [-0.05, 0) is 37.6 Å². The van der Waals surface area contributed by atoms with E-state index in [1.807, 2.05) is 49.4 Å². The molecule has 134 valence electrons. The van der Waals surface area contributed by atoms with Gasteiger partial charge in [0.15, 0.2) is 11.5 Å². The van der Waals surface area contributed by atoms with E-state index in [1.165, 1.54) is 0 Å². The molecule has 0 spiro atoms. The molecule has 0 amide bonds. The Morgan fingerprint density at radius 2 is 1.77 bits per heavy atom. The maximum absolute atomic E-state index is 12.7. The van der Waals surface area contributed by atoms with Gasteiger partial charge in [0.1, 0.15) is 0 Å². The molecule has 0 radical (unpaired) electrons. The first kappa shape index (κ1) is 17.7. The third kappa shape index (κ3) is 3.08. The molecule has 0 aliphatic carbocycles. The average Bonchev–Trinajstić information content (AvgIpc) is 2.66. The zero-order valence-corrected chi connectivity index (χ0v) is 15.3. The van der Waals surface area contributed by atoms with Crippen molar-refractivity contribution in [1.29, 1.82) is 0 Å². The quantitative estimate of drug-likeness (QED) is 0.638. The molecular formula is C21H21NO4. The Labute approximate surface area is 152 Å². The van der Waals surface area contributed by atoms with E-state index < -0.39 is 0 Å². The number of nitrogens with zero attached hydrogens (tertiary/aromatic N) is 1. The summed E-state index contributed by atoms with van der Waals surface area (Å²) in [4.78, 5) is 17.2. The normalized spacial score (nSPS) is 10.6. The maximum atomic E-state index is 12.7. The number of benzene rings is 2. The minimum Gasteiger partial charge on any atom is -0.493 e. The zero-order chi connectivity index (χ0) is 18.7. The number of carbonyl (C=O) groups excluding carboxylic acids is 1. The number of ether oxygens (including phenoxy) is 3. The van der Waals surface area contributed by atoms with Crippen molar-refractivity contribution in [2.75, 3.05) is 20.8 Å². The van der Waals surface area contributed by atoms with Gasteiger partial charge in [-0.2, -0.15) is 0 Å². The highest BCUT2D eigenvalue weighted by Gasteiger charge is 2.22. The number of pyridine rings is 1. The number of carbonyl (C=O) groups is 1. The number of fused-ring (bicyclic) bond motifs is 1. The second-order valence-electron chi connectivity index (χ2n) is 5.75. The van der Waals surface area contributed by atoms with Gasteiger partial charge in [-0.1, -0.05) is 24.3 Å². The van der Waals surface area contributed by atoms with E-state index in [9.17, 15) is 4.79 Å². The molecule has 3 rings (SSSR count). The standard InChI is InChI=1S/C21H21NO4/c1-5-26-21(23)19-13(2)22-16-9-7-6-8-15(16)20(19)14-10-11-17(24-3)18(12-14)25-4/h6-12H,5H2,1-4H3. The van der Waals surface area contributed by atoms with Crippen LogP contribution in [-0.2, 0) is 4.74 Å². The molecule has 0 saturated carbocycles. The predicted molar refractivity (Wildman–Crippen MR) is 101 cm³/mol. The van der Waals surface area contributed by atoms with Gasteiger partial charge in [0.05, 0.1) is 37.6 Å². The highest BCUT2D eigenvalue weighted by molar-refractivity contribution is 6.08. The minimum atomic E-state index is -0.381. The van der Waals surface area contributed by atoms with Crippen LogP contribution < -0.4 is 9.47 Å². The Hall–Kier alpha value is -3.08. The van der Waals surface area contributed by atoms with Gasteiger partial charge in [-0.3, -0.25) is 4.98 Å². The SMILES string of the molecule is CCOC(=O)c1c(C)nc2ccccc2c1-c1ccc(OC)c(OC)c1. The molecule has 0 fully saturated rings. The van der Waals surface area contributed by atoms with Crippen molar-refractivity contribution in [3.05, 3.63) is 53.7 Å². The van der Waals surface area contributed by atoms with E-state index in [1.54, 1.807) is 21.1 Å². The molecule has 0 saturated heterocycles. The lowest BCUT2D eigenvalue weighted by molar-refractivity contribution is 0.0526. The number of aromatic nitrogens is 1. The summed E-state index contributed by atoms with van der Waals surface area (Å²) >= 11 is 0. The van der Waals surface area contributed by atoms with E-state index in [4.69, 9.17) is 14.2 Å². The van der Waals surface area contributed by atoms with Gasteiger partial charge in [0, 0.05) is 10.9 Å². The van der Waals surface area contributed by atoms with Crippen molar-refractivity contribution < 1.29 is 19.0 Å². The molecular weight excluding hydrogens is 330 g/mol. The van der Waals surface area contributed by atoms with Crippen LogP contribution in [0.5, 0.6) is 11.5 Å². The number of methoxy groups -OCH3 is 2. The summed E-state index contributed by atoms with van der Waals surface area (Å²) in [5.74, 6) is 0.843. The zero-order valence-electron chi connectivity index (χ0n) is 15.3. The van der Waals surface area contributed by atoms with Crippen molar-refractivity contribution in [2.24, 2.45) is 0 Å². The van der Waals surface area contributed by atoms with E-state index in [0.29, 0.717) is 29.4 Å². The van der Waals surface area contributed by atoms with E-state index in [2.05, 4.69) is 4.98 Å². The average molecular weight is 351 g/mol. The molecule has 1 aromatic heterocycles. The molecule has 5 heteroatoms. The molecule has 2 aromatic carbocycles. The molecule has 0 aliphatic heterocycles. The van der Waals surface area contributed by atoms with Gasteiger partial charge >= 0.3 is 5.97 Å². The summed E-state index contributed by atoms with van der Waals surface area (Å²) in [6.07, 6.45) is 0. The van der Waals surface area contributed by atoms with Crippen LogP contribution in [0.15, 0.2) is 42.5 Å². The Balaban J connectivity index is 2.36. The highest BCUT2D eigenvalue weighted by atomic mass is 16.5. The number of esters is 1. The Morgan fingerprint density at radius 3 is 2.46 bits per heavy atom. The Bertz CT molecular complexity index is 966. The van der Waals surface area contributed by atoms with Gasteiger partial charge < -0.3 is 14.2 Å². The number of hydrogen-bond acceptors (Lipinski definition) is 5. The maximum Gasteiger partial charge on any atom is 0.340 e. The van der Waals surface area contributed by atoms with Crippen molar-refractivity contribution in [3.8, 4) is 22.6 Å². The van der Waals surface area contributed by atoms with Crippen LogP contribution in [0.25, 0.3) is 22.0 Å². The molecule has 0 N–H and O–H groups in total. The lowest BCUT2D eigenvalue weighted by atomic mass is 9.94. The third-order valence-electron chi connectivity index (χ3n) is 4.23. The van der Waals surface area contributed by atoms with Gasteiger partial charge in [-0.25, -0.2) is 4.79 Å². The molecule has 5 nitrogen and oxygen atoms in total. The lowest BCUT2D eigenvalue weighted by Crippen LogP contribution is -2.10. The van der Waals surface area contributed by atoms with Crippen LogP contribution in [0, 0.1) is 6.92 Å². The molecule has 0 bridgehead atoms. The fourth-order valence-electron chi connectivity index (χ4n) is 3.08. The fourth-order valence-corrected chi connectivity index (χ4v) is 3.08. The van der Waals surface area contributed by atoms with E-state index >= 15 is 0 Å². The summed E-state index contributed by atoms with van der Waals surface area (Å²) in [6, 6.07) is 13.3. The predicted octanol–water partition coefficient (Wildman–Crippen LogP) is 4.40. The molecule has 0 atom stereocenters. The first-order valence-electron chi connectivity index (χ1n) is 8.39. The highest BCUT2D eigenvalue weighted by Crippen LogP contribution is 2.38. The molecule has 0 unspecified atom stereocenters. The molecule has 26 heavy (non-hydrogen) atoms. The third-order valence-corrected chi connectivity index (χ3v) is 4.23. The number of rotatable bonds is 5.